The lowest BCUT2D eigenvalue weighted by Crippen LogP contribution is -2.29. The Labute approximate surface area is 147 Å². The van der Waals surface area contributed by atoms with E-state index in [0.717, 1.165) is 6.07 Å². The number of carbonyl (C=O) groups excluding carboxylic acids is 1. The van der Waals surface area contributed by atoms with E-state index in [0.29, 0.717) is 16.8 Å². The van der Waals surface area contributed by atoms with E-state index in [4.69, 9.17) is 11.6 Å². The Balaban J connectivity index is 2.24. The van der Waals surface area contributed by atoms with Gasteiger partial charge in [0.1, 0.15) is 17.3 Å². The van der Waals surface area contributed by atoms with Crippen LogP contribution in [0.5, 0.6) is 5.75 Å². The fraction of sp³-hybridized carbons (Fsp3) is 0.200. The normalized spacial score (nSPS) is 11.5. The number of halogens is 6. The minimum atomic E-state index is -4.77. The summed E-state index contributed by atoms with van der Waals surface area (Å²) in [7, 11) is 0. The van der Waals surface area contributed by atoms with Crippen LogP contribution in [0.2, 0.25) is 5.02 Å². The number of alkyl halides is 5. The Morgan fingerprint density at radius 1 is 1.27 bits per heavy atom. The molecular weight excluding hydrogens is 387 g/mol. The molecule has 1 amide bonds. The van der Waals surface area contributed by atoms with Crippen molar-refractivity contribution in [1.82, 2.24) is 4.57 Å². The van der Waals surface area contributed by atoms with Crippen LogP contribution in [-0.2, 0) is 17.5 Å². The molecular formula is C15H10ClF5N2O3. The number of anilines is 1. The number of aromatic nitrogens is 1. The molecule has 1 N–H and O–H groups in total. The lowest BCUT2D eigenvalue weighted by molar-refractivity contribution is -0.138. The number of pyridine rings is 1. The maximum absolute atomic E-state index is 12.8. The zero-order valence-electron chi connectivity index (χ0n) is 12.7. The van der Waals surface area contributed by atoms with E-state index in [1.54, 1.807) is 0 Å². The Bertz CT molecular complexity index is 867. The fourth-order valence-electron chi connectivity index (χ4n) is 1.98. The van der Waals surface area contributed by atoms with Gasteiger partial charge in [-0.05, 0) is 18.2 Å². The summed E-state index contributed by atoms with van der Waals surface area (Å²) < 4.78 is 67.7. The van der Waals surface area contributed by atoms with E-state index >= 15 is 0 Å². The minimum absolute atomic E-state index is 0.135. The molecule has 0 atom stereocenters. The molecule has 1 heterocycles. The van der Waals surface area contributed by atoms with Gasteiger partial charge in [0.15, 0.2) is 0 Å². The molecule has 0 radical (unpaired) electrons. The highest BCUT2D eigenvalue weighted by atomic mass is 35.5. The molecule has 2 aromatic rings. The van der Waals surface area contributed by atoms with Crippen LogP contribution in [0, 0.1) is 0 Å². The second kappa shape index (κ2) is 7.73. The molecule has 0 aliphatic heterocycles. The number of carbonyl (C=O) groups is 1. The molecule has 11 heteroatoms. The molecule has 0 saturated heterocycles. The summed E-state index contributed by atoms with van der Waals surface area (Å²) in [5.41, 5.74) is -2.35. The van der Waals surface area contributed by atoms with Gasteiger partial charge in [-0.15, -0.1) is 0 Å². The lowest BCUT2D eigenvalue weighted by atomic mass is 10.2. The molecule has 0 aliphatic rings. The third-order valence-corrected chi connectivity index (χ3v) is 3.33. The Morgan fingerprint density at radius 2 is 1.92 bits per heavy atom. The smallest absolute Gasteiger partial charge is 0.417 e. The summed E-state index contributed by atoms with van der Waals surface area (Å²) in [6.07, 6.45) is -4.33. The summed E-state index contributed by atoms with van der Waals surface area (Å²) in [5.74, 6) is -1.28. The van der Waals surface area contributed by atoms with E-state index in [1.165, 1.54) is 18.2 Å². The number of hydrogen-bond acceptors (Lipinski definition) is 3. The van der Waals surface area contributed by atoms with Gasteiger partial charge in [0.2, 0.25) is 5.91 Å². The topological polar surface area (TPSA) is 60.3 Å². The van der Waals surface area contributed by atoms with Crippen LogP contribution in [0.4, 0.5) is 27.6 Å². The Hall–Kier alpha value is -2.62. The largest absolute Gasteiger partial charge is 0.433 e. The van der Waals surface area contributed by atoms with Crippen LogP contribution >= 0.6 is 11.6 Å². The van der Waals surface area contributed by atoms with Crippen LogP contribution < -0.4 is 15.6 Å². The van der Waals surface area contributed by atoms with Crippen LogP contribution in [0.15, 0.2) is 41.3 Å². The molecule has 1 aromatic heterocycles. The number of benzene rings is 1. The fourth-order valence-corrected chi connectivity index (χ4v) is 2.21. The number of rotatable bonds is 5. The average molecular weight is 397 g/mol. The van der Waals surface area contributed by atoms with E-state index in [2.05, 4.69) is 10.1 Å². The van der Waals surface area contributed by atoms with Crippen molar-refractivity contribution in [2.45, 2.75) is 19.3 Å². The molecule has 0 saturated carbocycles. The van der Waals surface area contributed by atoms with Gasteiger partial charge in [0.05, 0.1) is 11.3 Å². The van der Waals surface area contributed by atoms with Gasteiger partial charge in [-0.25, -0.2) is 0 Å². The lowest BCUT2D eigenvalue weighted by Gasteiger charge is -2.14. The standard InChI is InChI=1S/C15H10ClF5N2O3/c16-9-5-8(15(19,20)21)6-23(13(9)25)7-12(24)22-10-3-1-2-4-11(10)26-14(17)18/h1-6,14H,7H2,(H,22,24). The van der Waals surface area contributed by atoms with Crippen LogP contribution in [0.3, 0.4) is 0 Å². The van der Waals surface area contributed by atoms with Crippen molar-refractivity contribution in [3.8, 4) is 5.75 Å². The Kier molecular flexibility index (Phi) is 5.86. The third-order valence-electron chi connectivity index (χ3n) is 3.06. The van der Waals surface area contributed by atoms with Crippen molar-refractivity contribution in [1.29, 1.82) is 0 Å². The zero-order chi connectivity index (χ0) is 19.5. The van der Waals surface area contributed by atoms with E-state index in [9.17, 15) is 31.5 Å². The minimum Gasteiger partial charge on any atom is -0.433 e. The average Bonchev–Trinajstić information content (AvgIpc) is 2.52. The second-order valence-electron chi connectivity index (χ2n) is 4.93. The third kappa shape index (κ3) is 4.94. The highest BCUT2D eigenvalue weighted by Crippen LogP contribution is 2.30. The van der Waals surface area contributed by atoms with Crippen LogP contribution in [0.1, 0.15) is 5.56 Å². The first-order valence-electron chi connectivity index (χ1n) is 6.89. The number of nitrogens with one attached hydrogen (secondary N) is 1. The quantitative estimate of drug-likeness (QED) is 0.783. The predicted molar refractivity (Wildman–Crippen MR) is 82.4 cm³/mol. The molecule has 0 fully saturated rings. The molecule has 140 valence electrons. The van der Waals surface area contributed by atoms with Gasteiger partial charge in [-0.1, -0.05) is 23.7 Å². The van der Waals surface area contributed by atoms with Gasteiger partial charge < -0.3 is 14.6 Å². The van der Waals surface area contributed by atoms with Gasteiger partial charge in [-0.3, -0.25) is 9.59 Å². The molecule has 0 unspecified atom stereocenters. The van der Waals surface area contributed by atoms with Crippen molar-refractivity contribution in [3.63, 3.8) is 0 Å². The summed E-state index contributed by atoms with van der Waals surface area (Å²) in [6.45, 7) is -3.95. The summed E-state index contributed by atoms with van der Waals surface area (Å²) >= 11 is 5.48. The maximum Gasteiger partial charge on any atom is 0.417 e. The van der Waals surface area contributed by atoms with Crippen molar-refractivity contribution in [2.75, 3.05) is 5.32 Å². The summed E-state index contributed by atoms with van der Waals surface area (Å²) in [5, 5.41) is 1.47. The van der Waals surface area contributed by atoms with Gasteiger partial charge in [-0.2, -0.15) is 22.0 Å². The number of amides is 1. The van der Waals surface area contributed by atoms with Crippen LogP contribution in [0.25, 0.3) is 0 Å². The molecule has 2 rings (SSSR count). The van der Waals surface area contributed by atoms with Gasteiger partial charge in [0, 0.05) is 6.20 Å². The SMILES string of the molecule is O=C(Cn1cc(C(F)(F)F)cc(Cl)c1=O)Nc1ccccc1OC(F)F. The molecule has 5 nitrogen and oxygen atoms in total. The van der Waals surface area contributed by atoms with E-state index < -0.39 is 41.4 Å². The molecule has 0 aliphatic carbocycles. The van der Waals surface area contributed by atoms with Gasteiger partial charge >= 0.3 is 12.8 Å². The maximum atomic E-state index is 12.8. The number of hydrogen-bond donors (Lipinski definition) is 1. The van der Waals surface area contributed by atoms with Crippen molar-refractivity contribution < 1.29 is 31.5 Å². The number of ether oxygens (including phenoxy) is 1. The first kappa shape index (κ1) is 19.7. The first-order valence-corrected chi connectivity index (χ1v) is 7.26. The molecule has 1 aromatic carbocycles. The summed E-state index contributed by atoms with van der Waals surface area (Å²) in [6, 6.07) is 5.66. The van der Waals surface area contributed by atoms with Gasteiger partial charge in [0.25, 0.3) is 5.56 Å². The highest BCUT2D eigenvalue weighted by Gasteiger charge is 2.32. The zero-order valence-corrected chi connectivity index (χ0v) is 13.4. The van der Waals surface area contributed by atoms with E-state index in [-0.39, 0.29) is 11.4 Å². The molecule has 0 spiro atoms. The second-order valence-corrected chi connectivity index (χ2v) is 5.34. The Morgan fingerprint density at radius 3 is 2.54 bits per heavy atom. The van der Waals surface area contributed by atoms with Crippen molar-refractivity contribution in [3.05, 3.63) is 57.5 Å². The van der Waals surface area contributed by atoms with Crippen LogP contribution in [-0.4, -0.2) is 17.1 Å². The number of nitrogens with zero attached hydrogens (tertiary/aromatic N) is 1. The molecule has 26 heavy (non-hydrogen) atoms. The predicted octanol–water partition coefficient (Wildman–Crippen LogP) is 3.76. The van der Waals surface area contributed by atoms with Crippen molar-refractivity contribution in [2.24, 2.45) is 0 Å². The van der Waals surface area contributed by atoms with Crippen molar-refractivity contribution >= 4 is 23.2 Å². The monoisotopic (exact) mass is 396 g/mol. The summed E-state index contributed by atoms with van der Waals surface area (Å²) in [4.78, 5) is 23.8. The highest BCUT2D eigenvalue weighted by molar-refractivity contribution is 6.30. The number of para-hydroxylation sites is 2. The van der Waals surface area contributed by atoms with E-state index in [1.807, 2.05) is 0 Å². The first-order chi connectivity index (χ1) is 12.1. The molecule has 0 bridgehead atoms.